The number of halogens is 1. The van der Waals surface area contributed by atoms with Crippen molar-refractivity contribution in [3.8, 4) is 0 Å². The second kappa shape index (κ2) is 4.93. The van der Waals surface area contributed by atoms with E-state index in [1.807, 2.05) is 11.8 Å². The van der Waals surface area contributed by atoms with Gasteiger partial charge in [0.05, 0.1) is 0 Å². The maximum atomic E-state index is 3.43. The molecule has 0 heterocycles. The lowest BCUT2D eigenvalue weighted by atomic mass is 10.1. The van der Waals surface area contributed by atoms with Gasteiger partial charge in [-0.1, -0.05) is 35.0 Å². The highest BCUT2D eigenvalue weighted by Crippen LogP contribution is 2.30. The molecule has 0 bridgehead atoms. The predicted molar refractivity (Wildman–Crippen MR) is 60.7 cm³/mol. The largest absolute Gasteiger partial charge is 0.157 e. The Labute approximate surface area is 86.9 Å². The van der Waals surface area contributed by atoms with Gasteiger partial charge in [0.2, 0.25) is 0 Å². The van der Waals surface area contributed by atoms with Gasteiger partial charge in [0.1, 0.15) is 0 Å². The quantitative estimate of drug-likeness (QED) is 0.766. The summed E-state index contributed by atoms with van der Waals surface area (Å²) in [5.41, 5.74) is 1.42. The molecule has 0 amide bonds. The Morgan fingerprint density at radius 3 is 2.33 bits per heavy atom. The Morgan fingerprint density at radius 1 is 1.33 bits per heavy atom. The van der Waals surface area contributed by atoms with E-state index in [2.05, 4.69) is 53.4 Å². The van der Waals surface area contributed by atoms with E-state index in [4.69, 9.17) is 0 Å². The van der Waals surface area contributed by atoms with Crippen LogP contribution in [-0.2, 0) is 0 Å². The first-order valence-electron chi connectivity index (χ1n) is 4.06. The molecule has 0 fully saturated rings. The summed E-state index contributed by atoms with van der Waals surface area (Å²) in [5.74, 6) is 0. The van der Waals surface area contributed by atoms with Crippen molar-refractivity contribution in [1.82, 2.24) is 0 Å². The lowest BCUT2D eigenvalue weighted by Crippen LogP contribution is -1.90. The summed E-state index contributed by atoms with van der Waals surface area (Å²) in [6, 6.07) is 8.59. The molecule has 0 N–H and O–H groups in total. The van der Waals surface area contributed by atoms with Gasteiger partial charge in [0.15, 0.2) is 0 Å². The van der Waals surface area contributed by atoms with Crippen molar-refractivity contribution in [2.45, 2.75) is 18.6 Å². The highest BCUT2D eigenvalue weighted by molar-refractivity contribution is 9.10. The molecule has 0 aliphatic heterocycles. The van der Waals surface area contributed by atoms with Gasteiger partial charge in [0.25, 0.3) is 0 Å². The zero-order chi connectivity index (χ0) is 8.97. The zero-order valence-corrected chi connectivity index (χ0v) is 9.78. The Balaban J connectivity index is 2.80. The van der Waals surface area contributed by atoms with Gasteiger partial charge in [-0.25, -0.2) is 0 Å². The van der Waals surface area contributed by atoms with Crippen LogP contribution in [0.5, 0.6) is 0 Å². The fraction of sp³-hybridized carbons (Fsp3) is 0.400. The molecule has 0 aliphatic carbocycles. The molecular weight excluding hydrogens is 232 g/mol. The number of rotatable bonds is 3. The number of thioether (sulfide) groups is 1. The topological polar surface area (TPSA) is 0 Å². The van der Waals surface area contributed by atoms with E-state index in [0.29, 0.717) is 5.25 Å². The Morgan fingerprint density at radius 2 is 1.92 bits per heavy atom. The average Bonchev–Trinajstić information content (AvgIpc) is 2.10. The monoisotopic (exact) mass is 244 g/mol. The molecule has 1 aromatic carbocycles. The number of benzene rings is 1. The molecule has 1 atom stereocenters. The van der Waals surface area contributed by atoms with Gasteiger partial charge in [0, 0.05) is 9.72 Å². The first-order chi connectivity index (χ1) is 5.77. The highest BCUT2D eigenvalue weighted by Gasteiger charge is 2.05. The summed E-state index contributed by atoms with van der Waals surface area (Å²) < 4.78 is 1.15. The van der Waals surface area contributed by atoms with Gasteiger partial charge < -0.3 is 0 Å². The Bertz CT molecular complexity index is 226. The van der Waals surface area contributed by atoms with Crippen LogP contribution >= 0.6 is 27.7 Å². The van der Waals surface area contributed by atoms with Crippen LogP contribution in [-0.4, -0.2) is 6.26 Å². The SMILES string of the molecule is CC[C@H](SC)c1ccc(Br)cc1. The molecule has 0 saturated carbocycles. The Hall–Kier alpha value is 0.0500. The molecule has 0 radical (unpaired) electrons. The lowest BCUT2D eigenvalue weighted by Gasteiger charge is -2.11. The third-order valence-corrected chi connectivity index (χ3v) is 3.60. The molecule has 2 heteroatoms. The van der Waals surface area contributed by atoms with Gasteiger partial charge >= 0.3 is 0 Å². The van der Waals surface area contributed by atoms with Gasteiger partial charge in [-0.2, -0.15) is 11.8 Å². The van der Waals surface area contributed by atoms with E-state index >= 15 is 0 Å². The number of hydrogen-bond donors (Lipinski definition) is 0. The second-order valence-electron chi connectivity index (χ2n) is 2.68. The summed E-state index contributed by atoms with van der Waals surface area (Å²) in [4.78, 5) is 0. The van der Waals surface area contributed by atoms with Gasteiger partial charge in [-0.3, -0.25) is 0 Å². The predicted octanol–water partition coefficient (Wildman–Crippen LogP) is 4.26. The van der Waals surface area contributed by atoms with Crippen molar-refractivity contribution >= 4 is 27.7 Å². The minimum absolute atomic E-state index is 0.651. The summed E-state index contributed by atoms with van der Waals surface area (Å²) >= 11 is 5.35. The molecule has 66 valence electrons. The van der Waals surface area contributed by atoms with Crippen molar-refractivity contribution in [2.24, 2.45) is 0 Å². The summed E-state index contributed by atoms with van der Waals surface area (Å²) in [6.07, 6.45) is 3.36. The second-order valence-corrected chi connectivity index (χ2v) is 4.64. The van der Waals surface area contributed by atoms with Crippen LogP contribution in [0.15, 0.2) is 28.7 Å². The minimum Gasteiger partial charge on any atom is -0.157 e. The third kappa shape index (κ3) is 2.53. The molecule has 1 rings (SSSR count). The maximum Gasteiger partial charge on any atom is 0.0291 e. The van der Waals surface area contributed by atoms with Crippen LogP contribution in [0, 0.1) is 0 Å². The molecule has 0 saturated heterocycles. The van der Waals surface area contributed by atoms with E-state index in [9.17, 15) is 0 Å². The smallest absolute Gasteiger partial charge is 0.0291 e. The van der Waals surface area contributed by atoms with Crippen LogP contribution < -0.4 is 0 Å². The molecule has 0 nitrogen and oxygen atoms in total. The third-order valence-electron chi connectivity index (χ3n) is 1.90. The molecule has 0 aromatic heterocycles. The minimum atomic E-state index is 0.651. The maximum absolute atomic E-state index is 3.43. The van der Waals surface area contributed by atoms with Crippen molar-refractivity contribution in [3.63, 3.8) is 0 Å². The number of hydrogen-bond acceptors (Lipinski definition) is 1. The highest BCUT2D eigenvalue weighted by atomic mass is 79.9. The van der Waals surface area contributed by atoms with Crippen molar-refractivity contribution in [3.05, 3.63) is 34.3 Å². The molecule has 0 unspecified atom stereocenters. The first-order valence-corrected chi connectivity index (χ1v) is 6.14. The van der Waals surface area contributed by atoms with Crippen molar-refractivity contribution in [2.75, 3.05) is 6.26 Å². The van der Waals surface area contributed by atoms with E-state index in [1.165, 1.54) is 12.0 Å². The molecule has 0 spiro atoms. The van der Waals surface area contributed by atoms with E-state index in [1.54, 1.807) is 0 Å². The van der Waals surface area contributed by atoms with Crippen molar-refractivity contribution in [1.29, 1.82) is 0 Å². The molecule has 0 aliphatic rings. The molecule has 12 heavy (non-hydrogen) atoms. The molecule has 1 aromatic rings. The van der Waals surface area contributed by atoms with E-state index in [-0.39, 0.29) is 0 Å². The van der Waals surface area contributed by atoms with Crippen LogP contribution in [0.3, 0.4) is 0 Å². The van der Waals surface area contributed by atoms with E-state index < -0.39 is 0 Å². The van der Waals surface area contributed by atoms with Gasteiger partial charge in [-0.05, 0) is 30.4 Å². The van der Waals surface area contributed by atoms with Crippen LogP contribution in [0.2, 0.25) is 0 Å². The zero-order valence-electron chi connectivity index (χ0n) is 7.38. The Kier molecular flexibility index (Phi) is 4.16. The van der Waals surface area contributed by atoms with E-state index in [0.717, 1.165) is 4.47 Å². The summed E-state index contributed by atoms with van der Waals surface area (Å²) in [6.45, 7) is 2.23. The normalized spacial score (nSPS) is 12.9. The standard InChI is InChI=1S/C10H13BrS/c1-3-10(12-2)8-4-6-9(11)7-5-8/h4-7,10H,3H2,1-2H3/t10-/m0/s1. The average molecular weight is 245 g/mol. The van der Waals surface area contributed by atoms with Gasteiger partial charge in [-0.15, -0.1) is 0 Å². The fourth-order valence-corrected chi connectivity index (χ4v) is 2.24. The molecular formula is C10H13BrS. The first kappa shape index (κ1) is 10.1. The van der Waals surface area contributed by atoms with Crippen LogP contribution in [0.4, 0.5) is 0 Å². The van der Waals surface area contributed by atoms with Crippen molar-refractivity contribution < 1.29 is 0 Å². The lowest BCUT2D eigenvalue weighted by molar-refractivity contribution is 0.898. The summed E-state index contributed by atoms with van der Waals surface area (Å²) in [5, 5.41) is 0.651. The van der Waals surface area contributed by atoms with Crippen LogP contribution in [0.1, 0.15) is 24.2 Å². The van der Waals surface area contributed by atoms with Crippen LogP contribution in [0.25, 0.3) is 0 Å². The fourth-order valence-electron chi connectivity index (χ4n) is 1.22. The summed E-state index contributed by atoms with van der Waals surface area (Å²) in [7, 11) is 0.